The molecule has 2 aromatic heterocycles. The summed E-state index contributed by atoms with van der Waals surface area (Å²) in [6.45, 7) is 4.11. The zero-order valence-corrected chi connectivity index (χ0v) is 15.0. The standard InChI is InChI=1S/C17H25N5O4/c1-3-9(4-2)16(25)26-7-10-5-11(6-12(10)23)22-8-19-13-14(22)20-17(18)21-15(13)24/h8-12,23H,3-7H2,1-2H3,(H3,18,20,21,24)/t10-,11-,12+/m1/s1. The van der Waals surface area contributed by atoms with Gasteiger partial charge in [-0.25, -0.2) is 4.98 Å². The number of imidazole rings is 1. The van der Waals surface area contributed by atoms with Gasteiger partial charge in [-0.1, -0.05) is 13.8 Å². The van der Waals surface area contributed by atoms with Crippen LogP contribution in [0.2, 0.25) is 0 Å². The van der Waals surface area contributed by atoms with Crippen molar-refractivity contribution in [3.63, 3.8) is 0 Å². The summed E-state index contributed by atoms with van der Waals surface area (Å²) in [5.41, 5.74) is 5.86. The number of anilines is 1. The molecule has 1 aliphatic carbocycles. The smallest absolute Gasteiger partial charge is 0.308 e. The Morgan fingerprint density at radius 3 is 2.88 bits per heavy atom. The number of esters is 1. The van der Waals surface area contributed by atoms with E-state index in [0.29, 0.717) is 18.5 Å². The SMILES string of the molecule is CCC(CC)C(=O)OC[C@H]1C[C@@H](n2cnc3c(=O)[nH]c(N)nc32)C[C@@H]1O. The molecule has 0 amide bonds. The van der Waals surface area contributed by atoms with Gasteiger partial charge in [0.2, 0.25) is 5.95 Å². The van der Waals surface area contributed by atoms with E-state index in [2.05, 4.69) is 15.0 Å². The minimum Gasteiger partial charge on any atom is -0.465 e. The number of aliphatic hydroxyl groups excluding tert-OH is 1. The molecular formula is C17H25N5O4. The number of nitrogens with two attached hydrogens (primary N) is 1. The fourth-order valence-electron chi connectivity index (χ4n) is 3.62. The van der Waals surface area contributed by atoms with Gasteiger partial charge in [0.15, 0.2) is 11.2 Å². The predicted molar refractivity (Wildman–Crippen MR) is 95.4 cm³/mol. The number of rotatable bonds is 6. The Hall–Kier alpha value is -2.42. The van der Waals surface area contributed by atoms with Gasteiger partial charge in [-0.05, 0) is 25.7 Å². The maximum absolute atomic E-state index is 12.0. The van der Waals surface area contributed by atoms with Gasteiger partial charge in [0.25, 0.3) is 5.56 Å². The van der Waals surface area contributed by atoms with Crippen LogP contribution in [-0.2, 0) is 9.53 Å². The highest BCUT2D eigenvalue weighted by molar-refractivity contribution is 5.72. The fourth-order valence-corrected chi connectivity index (χ4v) is 3.62. The third kappa shape index (κ3) is 3.44. The van der Waals surface area contributed by atoms with Crippen molar-refractivity contribution in [3.8, 4) is 0 Å². The molecule has 0 aromatic carbocycles. The molecule has 2 heterocycles. The highest BCUT2D eigenvalue weighted by Crippen LogP contribution is 2.36. The average molecular weight is 363 g/mol. The number of aromatic nitrogens is 4. The van der Waals surface area contributed by atoms with Crippen molar-refractivity contribution in [1.29, 1.82) is 0 Å². The summed E-state index contributed by atoms with van der Waals surface area (Å²) >= 11 is 0. The van der Waals surface area contributed by atoms with Crippen LogP contribution in [0.1, 0.15) is 45.6 Å². The lowest BCUT2D eigenvalue weighted by Crippen LogP contribution is -2.24. The summed E-state index contributed by atoms with van der Waals surface area (Å²) in [6.07, 6.45) is 3.53. The van der Waals surface area contributed by atoms with Crippen LogP contribution in [0.25, 0.3) is 11.2 Å². The Kier molecular flexibility index (Phi) is 5.26. The van der Waals surface area contributed by atoms with Crippen LogP contribution >= 0.6 is 0 Å². The first kappa shape index (κ1) is 18.4. The molecule has 1 aliphatic rings. The number of nitrogens with one attached hydrogen (secondary N) is 1. The van der Waals surface area contributed by atoms with E-state index in [1.807, 2.05) is 13.8 Å². The number of carbonyl (C=O) groups is 1. The van der Waals surface area contributed by atoms with Gasteiger partial charge in [-0.3, -0.25) is 14.6 Å². The second-order valence-electron chi connectivity index (χ2n) is 6.87. The van der Waals surface area contributed by atoms with Gasteiger partial charge in [0.1, 0.15) is 0 Å². The lowest BCUT2D eigenvalue weighted by molar-refractivity contribution is -0.151. The number of aromatic amines is 1. The van der Waals surface area contributed by atoms with Crippen LogP contribution in [0.5, 0.6) is 0 Å². The van der Waals surface area contributed by atoms with Crippen molar-refractivity contribution in [2.24, 2.45) is 11.8 Å². The van der Waals surface area contributed by atoms with Crippen LogP contribution in [0.3, 0.4) is 0 Å². The largest absolute Gasteiger partial charge is 0.465 e. The van der Waals surface area contributed by atoms with Crippen LogP contribution in [-0.4, -0.2) is 43.3 Å². The minimum absolute atomic E-state index is 0.0263. The Labute approximate surface area is 150 Å². The van der Waals surface area contributed by atoms with Gasteiger partial charge in [0.05, 0.1) is 25.0 Å². The number of hydrogen-bond donors (Lipinski definition) is 3. The molecule has 0 spiro atoms. The van der Waals surface area contributed by atoms with E-state index in [9.17, 15) is 14.7 Å². The molecule has 0 radical (unpaired) electrons. The fraction of sp³-hybridized carbons (Fsp3) is 0.647. The molecule has 0 bridgehead atoms. The number of carbonyl (C=O) groups excluding carboxylic acids is 1. The van der Waals surface area contributed by atoms with E-state index in [1.165, 1.54) is 0 Å². The quantitative estimate of drug-likeness (QED) is 0.651. The third-order valence-corrected chi connectivity index (χ3v) is 5.24. The minimum atomic E-state index is -0.591. The highest BCUT2D eigenvalue weighted by atomic mass is 16.5. The van der Waals surface area contributed by atoms with Crippen molar-refractivity contribution in [2.45, 2.75) is 51.7 Å². The normalized spacial score (nSPS) is 23.0. The Morgan fingerprint density at radius 1 is 1.46 bits per heavy atom. The van der Waals surface area contributed by atoms with Crippen LogP contribution in [0.4, 0.5) is 5.95 Å². The van der Waals surface area contributed by atoms with E-state index in [4.69, 9.17) is 10.5 Å². The van der Waals surface area contributed by atoms with Crippen molar-refractivity contribution in [2.75, 3.05) is 12.3 Å². The summed E-state index contributed by atoms with van der Waals surface area (Å²) in [5.74, 6) is -0.436. The van der Waals surface area contributed by atoms with Crippen LogP contribution in [0, 0.1) is 11.8 Å². The monoisotopic (exact) mass is 363 g/mol. The number of nitrogens with zero attached hydrogens (tertiary/aromatic N) is 3. The molecule has 1 saturated carbocycles. The van der Waals surface area contributed by atoms with Gasteiger partial charge in [-0.15, -0.1) is 0 Å². The maximum atomic E-state index is 12.0. The topological polar surface area (TPSA) is 136 Å². The Balaban J connectivity index is 1.71. The van der Waals surface area contributed by atoms with Crippen LogP contribution in [0.15, 0.2) is 11.1 Å². The maximum Gasteiger partial charge on any atom is 0.308 e. The summed E-state index contributed by atoms with van der Waals surface area (Å²) in [7, 11) is 0. The molecule has 0 unspecified atom stereocenters. The molecule has 0 aliphatic heterocycles. The van der Waals surface area contributed by atoms with E-state index in [1.54, 1.807) is 10.9 Å². The highest BCUT2D eigenvalue weighted by Gasteiger charge is 2.36. The summed E-state index contributed by atoms with van der Waals surface area (Å²) < 4.78 is 7.19. The third-order valence-electron chi connectivity index (χ3n) is 5.24. The first-order valence-corrected chi connectivity index (χ1v) is 9.01. The van der Waals surface area contributed by atoms with Crippen molar-refractivity contribution in [1.82, 2.24) is 19.5 Å². The zero-order chi connectivity index (χ0) is 18.8. The molecule has 26 heavy (non-hydrogen) atoms. The molecule has 3 rings (SSSR count). The van der Waals surface area contributed by atoms with Crippen molar-refractivity contribution < 1.29 is 14.6 Å². The van der Waals surface area contributed by atoms with E-state index < -0.39 is 6.10 Å². The summed E-state index contributed by atoms with van der Waals surface area (Å²) in [6, 6.07) is -0.0828. The molecule has 3 atom stereocenters. The zero-order valence-electron chi connectivity index (χ0n) is 15.0. The second-order valence-corrected chi connectivity index (χ2v) is 6.87. The van der Waals surface area contributed by atoms with E-state index in [0.717, 1.165) is 12.8 Å². The number of nitrogen functional groups attached to an aromatic ring is 1. The molecule has 142 valence electrons. The lowest BCUT2D eigenvalue weighted by Gasteiger charge is -2.17. The second kappa shape index (κ2) is 7.45. The van der Waals surface area contributed by atoms with Crippen LogP contribution < -0.4 is 11.3 Å². The number of fused-ring (bicyclic) bond motifs is 1. The number of ether oxygens (including phenoxy) is 1. The van der Waals surface area contributed by atoms with Crippen molar-refractivity contribution >= 4 is 23.1 Å². The molecular weight excluding hydrogens is 338 g/mol. The molecule has 2 aromatic rings. The Bertz CT molecular complexity index is 841. The summed E-state index contributed by atoms with van der Waals surface area (Å²) in [4.78, 5) is 34.6. The van der Waals surface area contributed by atoms with Crippen molar-refractivity contribution in [3.05, 3.63) is 16.7 Å². The molecule has 1 fully saturated rings. The van der Waals surface area contributed by atoms with Gasteiger partial charge < -0.3 is 20.1 Å². The van der Waals surface area contributed by atoms with E-state index >= 15 is 0 Å². The number of hydrogen-bond acceptors (Lipinski definition) is 7. The van der Waals surface area contributed by atoms with Gasteiger partial charge in [-0.2, -0.15) is 4.98 Å². The molecule has 9 heteroatoms. The number of aliphatic hydroxyl groups is 1. The molecule has 9 nitrogen and oxygen atoms in total. The Morgan fingerprint density at radius 2 is 2.19 bits per heavy atom. The van der Waals surface area contributed by atoms with E-state index in [-0.39, 0.29) is 47.5 Å². The first-order valence-electron chi connectivity index (χ1n) is 9.01. The molecule has 4 N–H and O–H groups in total. The van der Waals surface area contributed by atoms with Gasteiger partial charge >= 0.3 is 5.97 Å². The van der Waals surface area contributed by atoms with Gasteiger partial charge in [0, 0.05) is 12.0 Å². The number of H-pyrrole nitrogens is 1. The molecule has 0 saturated heterocycles. The average Bonchev–Trinajstić information content (AvgIpc) is 3.17. The predicted octanol–water partition coefficient (Wildman–Crippen LogP) is 0.993. The lowest BCUT2D eigenvalue weighted by atomic mass is 10.0. The first-order chi connectivity index (χ1) is 12.4. The summed E-state index contributed by atoms with van der Waals surface area (Å²) in [5, 5.41) is 10.4.